The van der Waals surface area contributed by atoms with Crippen LogP contribution in [0.4, 0.5) is 5.69 Å². The van der Waals surface area contributed by atoms with Crippen molar-refractivity contribution in [2.24, 2.45) is 5.41 Å². The van der Waals surface area contributed by atoms with Crippen molar-refractivity contribution >= 4 is 11.7 Å². The summed E-state index contributed by atoms with van der Waals surface area (Å²) in [7, 11) is 1.57. The first-order chi connectivity index (χ1) is 7.94. The highest BCUT2D eigenvalue weighted by Gasteiger charge is 2.45. The van der Waals surface area contributed by atoms with Crippen LogP contribution in [0.15, 0.2) is 18.2 Å². The van der Waals surface area contributed by atoms with Gasteiger partial charge in [-0.3, -0.25) is 0 Å². The van der Waals surface area contributed by atoms with E-state index in [0.717, 1.165) is 6.42 Å². The molecule has 2 N–H and O–H groups in total. The number of nitrogens with one attached hydrogen (secondary N) is 1. The van der Waals surface area contributed by atoms with Crippen molar-refractivity contribution < 1.29 is 14.6 Å². The minimum Gasteiger partial charge on any atom is -0.497 e. The van der Waals surface area contributed by atoms with Gasteiger partial charge in [-0.1, -0.05) is 13.8 Å². The SMILES string of the molecule is COc1ccc(C(=O)O)c(NC2CC2(C)C)c1. The Morgan fingerprint density at radius 3 is 2.65 bits per heavy atom. The third-order valence-electron chi connectivity index (χ3n) is 3.30. The second-order valence-electron chi connectivity index (χ2n) is 5.11. The molecule has 1 atom stereocenters. The van der Waals surface area contributed by atoms with Gasteiger partial charge in [0, 0.05) is 12.1 Å². The summed E-state index contributed by atoms with van der Waals surface area (Å²) in [5.74, 6) is -0.260. The fourth-order valence-electron chi connectivity index (χ4n) is 1.86. The molecule has 0 amide bonds. The Kier molecular flexibility index (Phi) is 2.73. The Balaban J connectivity index is 2.26. The lowest BCUT2D eigenvalue weighted by atomic mass is 10.1. The number of hydrogen-bond donors (Lipinski definition) is 2. The van der Waals surface area contributed by atoms with E-state index >= 15 is 0 Å². The van der Waals surface area contributed by atoms with Crippen molar-refractivity contribution in [1.82, 2.24) is 0 Å². The van der Waals surface area contributed by atoms with Gasteiger partial charge in [-0.15, -0.1) is 0 Å². The van der Waals surface area contributed by atoms with Crippen molar-refractivity contribution in [3.8, 4) is 5.75 Å². The van der Waals surface area contributed by atoms with Gasteiger partial charge in [-0.2, -0.15) is 0 Å². The van der Waals surface area contributed by atoms with Gasteiger partial charge in [-0.25, -0.2) is 4.79 Å². The molecule has 0 heterocycles. The normalized spacial score (nSPS) is 20.8. The molecule has 2 rings (SSSR count). The smallest absolute Gasteiger partial charge is 0.337 e. The Hall–Kier alpha value is -1.71. The summed E-state index contributed by atoms with van der Waals surface area (Å²) in [5.41, 5.74) is 1.17. The number of carboxylic acids is 1. The first kappa shape index (κ1) is 11.8. The average Bonchev–Trinajstić information content (AvgIpc) is 2.85. The Labute approximate surface area is 101 Å². The van der Waals surface area contributed by atoms with Gasteiger partial charge in [0.15, 0.2) is 0 Å². The number of benzene rings is 1. The molecule has 1 fully saturated rings. The molecule has 1 saturated carbocycles. The second kappa shape index (κ2) is 3.95. The third-order valence-corrected chi connectivity index (χ3v) is 3.30. The molecule has 0 saturated heterocycles. The molecule has 0 bridgehead atoms. The lowest BCUT2D eigenvalue weighted by molar-refractivity contribution is 0.0698. The second-order valence-corrected chi connectivity index (χ2v) is 5.11. The van der Waals surface area contributed by atoms with Crippen LogP contribution in [0.2, 0.25) is 0 Å². The van der Waals surface area contributed by atoms with E-state index in [9.17, 15) is 4.79 Å². The molecule has 92 valence electrons. The monoisotopic (exact) mass is 235 g/mol. The third kappa shape index (κ3) is 2.35. The molecule has 4 nitrogen and oxygen atoms in total. The highest BCUT2D eigenvalue weighted by molar-refractivity contribution is 5.94. The van der Waals surface area contributed by atoms with Crippen LogP contribution in [0.3, 0.4) is 0 Å². The molecule has 1 unspecified atom stereocenters. The van der Waals surface area contributed by atoms with Crippen LogP contribution in [-0.2, 0) is 0 Å². The first-order valence-corrected chi connectivity index (χ1v) is 5.62. The minimum atomic E-state index is -0.923. The number of anilines is 1. The topological polar surface area (TPSA) is 58.6 Å². The summed E-state index contributed by atoms with van der Waals surface area (Å²) in [6.07, 6.45) is 1.06. The summed E-state index contributed by atoms with van der Waals surface area (Å²) in [6.45, 7) is 4.32. The number of carbonyl (C=O) groups is 1. The van der Waals surface area contributed by atoms with Gasteiger partial charge < -0.3 is 15.2 Å². The highest BCUT2D eigenvalue weighted by Crippen LogP contribution is 2.47. The van der Waals surface area contributed by atoms with E-state index in [2.05, 4.69) is 19.2 Å². The number of rotatable bonds is 4. The van der Waals surface area contributed by atoms with Crippen LogP contribution in [0, 0.1) is 5.41 Å². The number of hydrogen-bond acceptors (Lipinski definition) is 3. The minimum absolute atomic E-state index is 0.249. The summed E-state index contributed by atoms with van der Waals surface area (Å²) in [5, 5.41) is 12.4. The molecule has 4 heteroatoms. The maximum absolute atomic E-state index is 11.1. The van der Waals surface area contributed by atoms with E-state index in [4.69, 9.17) is 9.84 Å². The predicted octanol–water partition coefficient (Wildman–Crippen LogP) is 2.60. The Morgan fingerprint density at radius 1 is 1.53 bits per heavy atom. The van der Waals surface area contributed by atoms with Crippen LogP contribution >= 0.6 is 0 Å². The highest BCUT2D eigenvalue weighted by atomic mass is 16.5. The molecule has 0 spiro atoms. The fourth-order valence-corrected chi connectivity index (χ4v) is 1.86. The average molecular weight is 235 g/mol. The van der Waals surface area contributed by atoms with Gasteiger partial charge >= 0.3 is 5.97 Å². The standard InChI is InChI=1S/C13H17NO3/c1-13(2)7-11(13)14-10-6-8(17-3)4-5-9(10)12(15)16/h4-6,11,14H,7H2,1-3H3,(H,15,16). The van der Waals surface area contributed by atoms with E-state index < -0.39 is 5.97 Å². The van der Waals surface area contributed by atoms with Gasteiger partial charge in [0.2, 0.25) is 0 Å². The number of ether oxygens (including phenoxy) is 1. The van der Waals surface area contributed by atoms with Crippen molar-refractivity contribution in [3.05, 3.63) is 23.8 Å². The lowest BCUT2D eigenvalue weighted by Crippen LogP contribution is -2.12. The van der Waals surface area contributed by atoms with Crippen LogP contribution in [0.1, 0.15) is 30.6 Å². The van der Waals surface area contributed by atoms with Crippen molar-refractivity contribution in [2.45, 2.75) is 26.3 Å². The van der Waals surface area contributed by atoms with Gasteiger partial charge in [0.05, 0.1) is 18.4 Å². The molecular formula is C13H17NO3. The number of methoxy groups -OCH3 is 1. The van der Waals surface area contributed by atoms with Crippen molar-refractivity contribution in [2.75, 3.05) is 12.4 Å². The van der Waals surface area contributed by atoms with E-state index in [1.807, 2.05) is 0 Å². The summed E-state index contributed by atoms with van der Waals surface area (Å²) in [4.78, 5) is 11.1. The number of aromatic carboxylic acids is 1. The maximum atomic E-state index is 11.1. The molecule has 1 aromatic rings. The van der Waals surface area contributed by atoms with E-state index in [1.165, 1.54) is 0 Å². The summed E-state index contributed by atoms with van der Waals surface area (Å²) >= 11 is 0. The molecule has 0 aromatic heterocycles. The lowest BCUT2D eigenvalue weighted by Gasteiger charge is -2.12. The Bertz CT molecular complexity index is 454. The zero-order valence-electron chi connectivity index (χ0n) is 10.3. The first-order valence-electron chi connectivity index (χ1n) is 5.62. The van der Waals surface area contributed by atoms with Crippen molar-refractivity contribution in [1.29, 1.82) is 0 Å². The summed E-state index contributed by atoms with van der Waals surface area (Å²) < 4.78 is 5.11. The van der Waals surface area contributed by atoms with Gasteiger partial charge in [0.1, 0.15) is 5.75 Å². The maximum Gasteiger partial charge on any atom is 0.337 e. The quantitative estimate of drug-likeness (QED) is 0.842. The Morgan fingerprint density at radius 2 is 2.18 bits per heavy atom. The van der Waals surface area contributed by atoms with Crippen LogP contribution in [0.25, 0.3) is 0 Å². The molecule has 1 aromatic carbocycles. The van der Waals surface area contributed by atoms with Crippen LogP contribution in [-0.4, -0.2) is 24.2 Å². The van der Waals surface area contributed by atoms with Crippen LogP contribution < -0.4 is 10.1 Å². The van der Waals surface area contributed by atoms with Gasteiger partial charge in [-0.05, 0) is 24.0 Å². The van der Waals surface area contributed by atoms with Gasteiger partial charge in [0.25, 0.3) is 0 Å². The largest absolute Gasteiger partial charge is 0.497 e. The zero-order valence-corrected chi connectivity index (χ0v) is 10.3. The van der Waals surface area contributed by atoms with Crippen molar-refractivity contribution in [3.63, 3.8) is 0 Å². The van der Waals surface area contributed by atoms with E-state index in [1.54, 1.807) is 25.3 Å². The molecule has 1 aliphatic rings. The van der Waals surface area contributed by atoms with E-state index in [-0.39, 0.29) is 11.0 Å². The molecule has 0 aliphatic heterocycles. The molecular weight excluding hydrogens is 218 g/mol. The molecule has 0 radical (unpaired) electrons. The summed E-state index contributed by atoms with van der Waals surface area (Å²) in [6, 6.07) is 5.30. The van der Waals surface area contributed by atoms with E-state index in [0.29, 0.717) is 17.5 Å². The molecule has 1 aliphatic carbocycles. The zero-order chi connectivity index (χ0) is 12.6. The number of carboxylic acid groups (broad SMARTS) is 1. The predicted molar refractivity (Wildman–Crippen MR) is 65.8 cm³/mol. The fraction of sp³-hybridized carbons (Fsp3) is 0.462. The molecule has 17 heavy (non-hydrogen) atoms. The van der Waals surface area contributed by atoms with Crippen LogP contribution in [0.5, 0.6) is 5.75 Å².